The lowest BCUT2D eigenvalue weighted by atomic mass is 9.99. The van der Waals surface area contributed by atoms with Gasteiger partial charge in [0.15, 0.2) is 17.5 Å². The first-order valence-corrected chi connectivity index (χ1v) is 10.2. The van der Waals surface area contributed by atoms with Gasteiger partial charge < -0.3 is 10.1 Å². The highest BCUT2D eigenvalue weighted by Gasteiger charge is 2.27. The molecule has 0 aliphatic carbocycles. The summed E-state index contributed by atoms with van der Waals surface area (Å²) in [5.74, 6) is -1.28. The van der Waals surface area contributed by atoms with Gasteiger partial charge in [0.1, 0.15) is 0 Å². The van der Waals surface area contributed by atoms with Gasteiger partial charge in [0, 0.05) is 29.6 Å². The predicted octanol–water partition coefficient (Wildman–Crippen LogP) is 2.29. The fourth-order valence-electron chi connectivity index (χ4n) is 3.37. The zero-order valence-corrected chi connectivity index (χ0v) is 16.6. The van der Waals surface area contributed by atoms with E-state index in [1.54, 1.807) is 35.4 Å². The first-order valence-electron chi connectivity index (χ1n) is 9.31. The summed E-state index contributed by atoms with van der Waals surface area (Å²) in [4.78, 5) is 53.9. The molecule has 0 saturated carbocycles. The Hall–Kier alpha value is -3.07. The van der Waals surface area contributed by atoms with Gasteiger partial charge in [-0.2, -0.15) is 0 Å². The van der Waals surface area contributed by atoms with Crippen LogP contribution in [0, 0.1) is 0 Å². The number of carbonyl (C=O) groups is 4. The summed E-state index contributed by atoms with van der Waals surface area (Å²) < 4.78 is 5.10. The van der Waals surface area contributed by atoms with E-state index < -0.39 is 5.97 Å². The molecule has 4 rings (SSSR count). The molecular weight excluding hydrogens is 394 g/mol. The number of ether oxygens (including phenoxy) is 1. The van der Waals surface area contributed by atoms with Crippen LogP contribution in [0.15, 0.2) is 23.6 Å². The standard InChI is InChI=1S/C20H19N3O5S/c1-11-14-7-12(4-5-15(14)22-19(11)27)16(24)9-28-18(26)8-13-10-29-20(21-13)23-6-2-3-17(23)25/h4-5,7,10-11H,2-3,6,8-9H2,1H3,(H,22,27)/t11-/m1/s1. The Morgan fingerprint density at radius 1 is 1.34 bits per heavy atom. The number of rotatable bonds is 6. The smallest absolute Gasteiger partial charge is 0.312 e. The number of carbonyl (C=O) groups excluding carboxylic acids is 4. The van der Waals surface area contributed by atoms with Crippen molar-refractivity contribution in [3.63, 3.8) is 0 Å². The summed E-state index contributed by atoms with van der Waals surface area (Å²) in [6.45, 7) is 2.04. The van der Waals surface area contributed by atoms with E-state index in [9.17, 15) is 19.2 Å². The van der Waals surface area contributed by atoms with Crippen molar-refractivity contribution < 1.29 is 23.9 Å². The summed E-state index contributed by atoms with van der Waals surface area (Å²) in [6, 6.07) is 4.95. The molecule has 2 aliphatic heterocycles. The van der Waals surface area contributed by atoms with Crippen molar-refractivity contribution in [1.29, 1.82) is 0 Å². The molecule has 0 spiro atoms. The van der Waals surface area contributed by atoms with Gasteiger partial charge in [-0.05, 0) is 37.1 Å². The molecule has 1 fully saturated rings. The van der Waals surface area contributed by atoms with Gasteiger partial charge in [0.2, 0.25) is 11.8 Å². The number of anilines is 2. The van der Waals surface area contributed by atoms with Crippen molar-refractivity contribution in [2.75, 3.05) is 23.4 Å². The van der Waals surface area contributed by atoms with Gasteiger partial charge in [0.25, 0.3) is 0 Å². The van der Waals surface area contributed by atoms with Gasteiger partial charge in [-0.1, -0.05) is 0 Å². The van der Waals surface area contributed by atoms with Gasteiger partial charge in [-0.15, -0.1) is 11.3 Å². The van der Waals surface area contributed by atoms with E-state index in [0.717, 1.165) is 12.0 Å². The van der Waals surface area contributed by atoms with Crippen LogP contribution in [0.2, 0.25) is 0 Å². The number of aromatic nitrogens is 1. The first-order chi connectivity index (χ1) is 13.9. The summed E-state index contributed by atoms with van der Waals surface area (Å²) in [5.41, 5.74) is 2.37. The van der Waals surface area contributed by atoms with Crippen LogP contribution in [0.3, 0.4) is 0 Å². The quantitative estimate of drug-likeness (QED) is 0.575. The van der Waals surface area contributed by atoms with Crippen LogP contribution in [0.5, 0.6) is 0 Å². The third-order valence-electron chi connectivity index (χ3n) is 5.02. The maximum Gasteiger partial charge on any atom is 0.312 e. The number of fused-ring (bicyclic) bond motifs is 1. The minimum Gasteiger partial charge on any atom is -0.457 e. The summed E-state index contributed by atoms with van der Waals surface area (Å²) in [6.07, 6.45) is 1.26. The van der Waals surface area contributed by atoms with Crippen LogP contribution in [0.4, 0.5) is 10.8 Å². The average Bonchev–Trinajstić information content (AvgIpc) is 3.40. The highest BCUT2D eigenvalue weighted by molar-refractivity contribution is 7.14. The van der Waals surface area contributed by atoms with Crippen molar-refractivity contribution >= 4 is 45.7 Å². The molecule has 2 aliphatic rings. The normalized spacial score (nSPS) is 18.0. The maximum absolute atomic E-state index is 12.4. The summed E-state index contributed by atoms with van der Waals surface area (Å²) in [7, 11) is 0. The molecule has 29 heavy (non-hydrogen) atoms. The highest BCUT2D eigenvalue weighted by Crippen LogP contribution is 2.32. The molecule has 0 bridgehead atoms. The van der Waals surface area contributed by atoms with Crippen molar-refractivity contribution in [2.24, 2.45) is 0 Å². The average molecular weight is 413 g/mol. The number of benzene rings is 1. The molecule has 0 radical (unpaired) electrons. The van der Waals surface area contributed by atoms with E-state index in [-0.39, 0.29) is 36.5 Å². The van der Waals surface area contributed by atoms with Crippen LogP contribution in [0.25, 0.3) is 0 Å². The first kappa shape index (κ1) is 19.3. The largest absolute Gasteiger partial charge is 0.457 e. The number of thiazole rings is 1. The number of hydrogen-bond donors (Lipinski definition) is 1. The lowest BCUT2D eigenvalue weighted by Crippen LogP contribution is -2.23. The number of nitrogens with one attached hydrogen (secondary N) is 1. The molecule has 150 valence electrons. The van der Waals surface area contributed by atoms with Crippen LogP contribution < -0.4 is 10.2 Å². The second-order valence-corrected chi connectivity index (χ2v) is 7.88. The van der Waals surface area contributed by atoms with Gasteiger partial charge >= 0.3 is 5.97 Å². The third-order valence-corrected chi connectivity index (χ3v) is 5.94. The Kier molecular flexibility index (Phi) is 5.14. The van der Waals surface area contributed by atoms with E-state index in [0.29, 0.717) is 35.0 Å². The molecule has 8 nitrogen and oxygen atoms in total. The molecule has 3 heterocycles. The molecule has 1 aromatic heterocycles. The zero-order valence-electron chi connectivity index (χ0n) is 15.8. The molecule has 2 aromatic rings. The summed E-state index contributed by atoms with van der Waals surface area (Å²) >= 11 is 1.31. The minimum atomic E-state index is -0.561. The Labute approximate surface area is 170 Å². The van der Waals surface area contributed by atoms with E-state index in [1.807, 2.05) is 0 Å². The van der Waals surface area contributed by atoms with E-state index in [1.165, 1.54) is 11.3 Å². The van der Waals surface area contributed by atoms with E-state index in [4.69, 9.17) is 4.74 Å². The van der Waals surface area contributed by atoms with E-state index in [2.05, 4.69) is 10.3 Å². The lowest BCUT2D eigenvalue weighted by molar-refractivity contribution is -0.141. The SMILES string of the molecule is C[C@H]1C(=O)Nc2ccc(C(=O)COC(=O)Cc3csc(N4CCCC4=O)n3)cc21. The Morgan fingerprint density at radius 3 is 2.93 bits per heavy atom. The molecule has 9 heteroatoms. The number of nitrogens with zero attached hydrogens (tertiary/aromatic N) is 2. The van der Waals surface area contributed by atoms with Crippen LogP contribution in [0.1, 0.15) is 47.3 Å². The van der Waals surface area contributed by atoms with Crippen LogP contribution in [-0.2, 0) is 25.5 Å². The Balaban J connectivity index is 1.32. The van der Waals surface area contributed by atoms with Gasteiger partial charge in [0.05, 0.1) is 18.0 Å². The number of hydrogen-bond acceptors (Lipinski definition) is 7. The second-order valence-electron chi connectivity index (χ2n) is 7.04. The number of ketones is 1. The fourth-order valence-corrected chi connectivity index (χ4v) is 4.24. The van der Waals surface area contributed by atoms with E-state index >= 15 is 0 Å². The van der Waals surface area contributed by atoms with Crippen LogP contribution >= 0.6 is 11.3 Å². The highest BCUT2D eigenvalue weighted by atomic mass is 32.1. The Morgan fingerprint density at radius 2 is 2.17 bits per heavy atom. The molecule has 0 unspecified atom stereocenters. The van der Waals surface area contributed by atoms with Gasteiger partial charge in [-0.3, -0.25) is 24.1 Å². The monoisotopic (exact) mass is 413 g/mol. The van der Waals surface area contributed by atoms with Crippen LogP contribution in [-0.4, -0.2) is 41.7 Å². The Bertz CT molecular complexity index is 1020. The number of esters is 1. The van der Waals surface area contributed by atoms with Gasteiger partial charge in [-0.25, -0.2) is 4.98 Å². The maximum atomic E-state index is 12.4. The van der Waals surface area contributed by atoms with Crippen molar-refractivity contribution in [1.82, 2.24) is 4.98 Å². The molecule has 1 atom stereocenters. The second kappa shape index (κ2) is 7.75. The number of amides is 2. The minimum absolute atomic E-state index is 0.0413. The lowest BCUT2D eigenvalue weighted by Gasteiger charge is -2.10. The molecule has 2 amide bonds. The molecular formula is C20H19N3O5S. The molecule has 1 N–H and O–H groups in total. The van der Waals surface area contributed by atoms with Crippen molar-refractivity contribution in [3.8, 4) is 0 Å². The summed E-state index contributed by atoms with van der Waals surface area (Å²) in [5, 5.41) is 5.05. The van der Waals surface area contributed by atoms with Crippen molar-refractivity contribution in [2.45, 2.75) is 32.1 Å². The predicted molar refractivity (Wildman–Crippen MR) is 106 cm³/mol. The topological polar surface area (TPSA) is 106 Å². The zero-order chi connectivity index (χ0) is 20.5. The number of Topliss-reactive ketones (excluding diaryl/α,β-unsaturated/α-hetero) is 1. The third kappa shape index (κ3) is 3.91. The molecule has 1 aromatic carbocycles. The molecule has 1 saturated heterocycles. The van der Waals surface area contributed by atoms with Crippen molar-refractivity contribution in [3.05, 3.63) is 40.4 Å². The fraction of sp³-hybridized carbons (Fsp3) is 0.350.